The Balaban J connectivity index is 2.04. The molecule has 8 nitrogen and oxygen atoms in total. The highest BCUT2D eigenvalue weighted by molar-refractivity contribution is 7.89. The van der Waals surface area contributed by atoms with E-state index in [1.54, 1.807) is 34.7 Å². The van der Waals surface area contributed by atoms with E-state index in [1.807, 2.05) is 0 Å². The monoisotopic (exact) mass is 440 g/mol. The van der Waals surface area contributed by atoms with Gasteiger partial charge in [0, 0.05) is 26.7 Å². The molecule has 1 fully saturated rings. The van der Waals surface area contributed by atoms with Crippen LogP contribution in [-0.2, 0) is 19.5 Å². The molecule has 0 aliphatic carbocycles. The molecule has 0 spiro atoms. The van der Waals surface area contributed by atoms with Crippen LogP contribution in [-0.4, -0.2) is 68.6 Å². The van der Waals surface area contributed by atoms with Crippen molar-refractivity contribution < 1.29 is 27.5 Å². The van der Waals surface area contributed by atoms with E-state index >= 15 is 0 Å². The predicted octanol–water partition coefficient (Wildman–Crippen LogP) is 3.13. The van der Waals surface area contributed by atoms with Crippen LogP contribution < -0.4 is 0 Å². The second-order valence-corrected chi connectivity index (χ2v) is 10.4. The molecule has 1 unspecified atom stereocenters. The van der Waals surface area contributed by atoms with Crippen molar-refractivity contribution >= 4 is 22.1 Å². The minimum atomic E-state index is -3.69. The van der Waals surface area contributed by atoms with Gasteiger partial charge >= 0.3 is 12.1 Å². The van der Waals surface area contributed by atoms with Gasteiger partial charge in [0.05, 0.1) is 17.1 Å². The largest absolute Gasteiger partial charge is 0.462 e. The summed E-state index contributed by atoms with van der Waals surface area (Å²) >= 11 is 0. The molecule has 2 rings (SSSR count). The lowest BCUT2D eigenvalue weighted by molar-refractivity contribution is 0.0258. The van der Waals surface area contributed by atoms with Crippen LogP contribution in [0.4, 0.5) is 4.79 Å². The zero-order valence-corrected chi connectivity index (χ0v) is 19.2. The Morgan fingerprint density at radius 1 is 1.20 bits per heavy atom. The van der Waals surface area contributed by atoms with Crippen molar-refractivity contribution in [2.75, 3.05) is 33.3 Å². The van der Waals surface area contributed by atoms with Crippen LogP contribution in [0, 0.1) is 5.92 Å². The van der Waals surface area contributed by atoms with Crippen LogP contribution in [0.15, 0.2) is 29.2 Å². The number of rotatable bonds is 6. The Morgan fingerprint density at radius 2 is 1.83 bits per heavy atom. The highest BCUT2D eigenvalue weighted by Crippen LogP contribution is 2.25. The Labute approximate surface area is 179 Å². The maximum Gasteiger partial charge on any atom is 0.410 e. The van der Waals surface area contributed by atoms with Gasteiger partial charge in [-0.2, -0.15) is 4.31 Å². The standard InChI is InChI=1S/C21H32N2O6S/c1-6-28-19(24)17-9-11-18(12-10-17)30(26,27)23-13-7-8-16(15-23)14-22(5)20(25)29-21(2,3)4/h9-12,16H,6-8,13-15H2,1-5H3. The van der Waals surface area contributed by atoms with Crippen molar-refractivity contribution in [3.63, 3.8) is 0 Å². The fraction of sp³-hybridized carbons (Fsp3) is 0.619. The molecule has 1 aromatic carbocycles. The first kappa shape index (κ1) is 24.1. The summed E-state index contributed by atoms with van der Waals surface area (Å²) in [5, 5.41) is 0. The van der Waals surface area contributed by atoms with Gasteiger partial charge in [0.2, 0.25) is 10.0 Å². The zero-order valence-electron chi connectivity index (χ0n) is 18.4. The SMILES string of the molecule is CCOC(=O)c1ccc(S(=O)(=O)N2CCCC(CN(C)C(=O)OC(C)(C)C)C2)cc1. The van der Waals surface area contributed by atoms with Crippen molar-refractivity contribution in [3.05, 3.63) is 29.8 Å². The van der Waals surface area contributed by atoms with E-state index in [9.17, 15) is 18.0 Å². The van der Waals surface area contributed by atoms with Gasteiger partial charge in [0.15, 0.2) is 0 Å². The van der Waals surface area contributed by atoms with E-state index in [-0.39, 0.29) is 17.4 Å². The Hall–Kier alpha value is -2.13. The van der Waals surface area contributed by atoms with E-state index in [2.05, 4.69) is 0 Å². The van der Waals surface area contributed by atoms with E-state index < -0.39 is 27.7 Å². The Bertz CT molecular complexity index is 845. The third kappa shape index (κ3) is 6.43. The quantitative estimate of drug-likeness (QED) is 0.631. The molecule has 1 amide bonds. The first-order chi connectivity index (χ1) is 13.9. The third-order valence-electron chi connectivity index (χ3n) is 4.72. The summed E-state index contributed by atoms with van der Waals surface area (Å²) in [6, 6.07) is 5.78. The topological polar surface area (TPSA) is 93.2 Å². The first-order valence-electron chi connectivity index (χ1n) is 10.2. The molecule has 1 aromatic rings. The average Bonchev–Trinajstić information content (AvgIpc) is 2.67. The van der Waals surface area contributed by atoms with Gasteiger partial charge in [-0.05, 0) is 70.7 Å². The van der Waals surface area contributed by atoms with Crippen LogP contribution >= 0.6 is 0 Å². The smallest absolute Gasteiger partial charge is 0.410 e. The normalized spacial score (nSPS) is 18.0. The summed E-state index contributed by atoms with van der Waals surface area (Å²) in [5.41, 5.74) is -0.269. The molecule has 1 atom stereocenters. The molecular formula is C21H32N2O6S. The van der Waals surface area contributed by atoms with Crippen LogP contribution in [0.25, 0.3) is 0 Å². The fourth-order valence-corrected chi connectivity index (χ4v) is 4.88. The van der Waals surface area contributed by atoms with Crippen molar-refractivity contribution in [1.82, 2.24) is 9.21 Å². The number of amides is 1. The molecule has 168 valence electrons. The van der Waals surface area contributed by atoms with E-state index in [4.69, 9.17) is 9.47 Å². The van der Waals surface area contributed by atoms with Gasteiger partial charge in [-0.3, -0.25) is 0 Å². The van der Waals surface area contributed by atoms with Crippen molar-refractivity contribution in [2.45, 2.75) is 51.0 Å². The van der Waals surface area contributed by atoms with E-state index in [0.29, 0.717) is 31.6 Å². The van der Waals surface area contributed by atoms with E-state index in [1.165, 1.54) is 33.5 Å². The molecule has 1 saturated heterocycles. The molecule has 9 heteroatoms. The molecule has 0 saturated carbocycles. The van der Waals surface area contributed by atoms with Crippen LogP contribution in [0.1, 0.15) is 50.9 Å². The molecular weight excluding hydrogens is 408 g/mol. The summed E-state index contributed by atoms with van der Waals surface area (Å²) in [7, 11) is -2.03. The first-order valence-corrected chi connectivity index (χ1v) is 11.6. The number of sulfonamides is 1. The summed E-state index contributed by atoms with van der Waals surface area (Å²) in [6.07, 6.45) is 1.13. The summed E-state index contributed by atoms with van der Waals surface area (Å²) in [5.74, 6) is -0.463. The second kappa shape index (κ2) is 9.78. The number of carbonyl (C=O) groups excluding carboxylic acids is 2. The van der Waals surface area contributed by atoms with Gasteiger partial charge in [-0.1, -0.05) is 0 Å². The Morgan fingerprint density at radius 3 is 2.40 bits per heavy atom. The summed E-state index contributed by atoms with van der Waals surface area (Å²) in [4.78, 5) is 25.6. The third-order valence-corrected chi connectivity index (χ3v) is 6.60. The average molecular weight is 441 g/mol. The number of nitrogens with zero attached hydrogens (tertiary/aromatic N) is 2. The van der Waals surface area contributed by atoms with Gasteiger partial charge in [-0.25, -0.2) is 18.0 Å². The summed E-state index contributed by atoms with van der Waals surface area (Å²) in [6.45, 7) is 8.56. The minimum absolute atomic E-state index is 0.0184. The molecule has 0 N–H and O–H groups in total. The zero-order chi connectivity index (χ0) is 22.5. The van der Waals surface area contributed by atoms with Gasteiger partial charge in [0.25, 0.3) is 0 Å². The summed E-state index contributed by atoms with van der Waals surface area (Å²) < 4.78 is 37.8. The number of ether oxygens (including phenoxy) is 2. The predicted molar refractivity (Wildman–Crippen MR) is 113 cm³/mol. The van der Waals surface area contributed by atoms with Crippen molar-refractivity contribution in [2.24, 2.45) is 5.92 Å². The fourth-order valence-electron chi connectivity index (χ4n) is 3.32. The second-order valence-electron chi connectivity index (χ2n) is 8.48. The van der Waals surface area contributed by atoms with E-state index in [0.717, 1.165) is 6.42 Å². The molecule has 1 heterocycles. The maximum absolute atomic E-state index is 13.1. The van der Waals surface area contributed by atoms with Gasteiger partial charge in [0.1, 0.15) is 5.60 Å². The van der Waals surface area contributed by atoms with Crippen LogP contribution in [0.5, 0.6) is 0 Å². The number of hydrogen-bond donors (Lipinski definition) is 0. The molecule has 0 radical (unpaired) electrons. The lowest BCUT2D eigenvalue weighted by Crippen LogP contribution is -2.44. The number of esters is 1. The van der Waals surface area contributed by atoms with Gasteiger partial charge < -0.3 is 14.4 Å². The van der Waals surface area contributed by atoms with Crippen molar-refractivity contribution in [1.29, 1.82) is 0 Å². The molecule has 0 aromatic heterocycles. The molecule has 1 aliphatic heterocycles. The minimum Gasteiger partial charge on any atom is -0.462 e. The molecule has 30 heavy (non-hydrogen) atoms. The number of piperidine rings is 1. The Kier molecular flexibility index (Phi) is 7.87. The number of carbonyl (C=O) groups is 2. The van der Waals surface area contributed by atoms with Crippen molar-refractivity contribution in [3.8, 4) is 0 Å². The molecule has 0 bridgehead atoms. The number of benzene rings is 1. The number of hydrogen-bond acceptors (Lipinski definition) is 6. The molecule has 1 aliphatic rings. The van der Waals surface area contributed by atoms with Crippen LogP contribution in [0.2, 0.25) is 0 Å². The van der Waals surface area contributed by atoms with Crippen LogP contribution in [0.3, 0.4) is 0 Å². The lowest BCUT2D eigenvalue weighted by atomic mass is 9.99. The highest BCUT2D eigenvalue weighted by Gasteiger charge is 2.32. The lowest BCUT2D eigenvalue weighted by Gasteiger charge is -2.34. The van der Waals surface area contributed by atoms with Gasteiger partial charge in [-0.15, -0.1) is 0 Å². The highest BCUT2D eigenvalue weighted by atomic mass is 32.2. The maximum atomic E-state index is 13.1.